The lowest BCUT2D eigenvalue weighted by Gasteiger charge is -2.54. The van der Waals surface area contributed by atoms with Crippen LogP contribution in [0, 0.1) is 11.6 Å². The highest BCUT2D eigenvalue weighted by Crippen LogP contribution is 2.48. The largest absolute Gasteiger partial charge is 0.484 e. The van der Waals surface area contributed by atoms with Gasteiger partial charge < -0.3 is 29.6 Å². The van der Waals surface area contributed by atoms with E-state index in [0.717, 1.165) is 12.1 Å². The van der Waals surface area contributed by atoms with Crippen molar-refractivity contribution < 1.29 is 37.4 Å². The van der Waals surface area contributed by atoms with Crippen LogP contribution in [0.5, 0.6) is 11.5 Å². The number of ether oxygens (including phenoxy) is 3. The number of carbonyl (C=O) groups excluding carboxylic acids is 3. The molecule has 0 spiro atoms. The fourth-order valence-corrected chi connectivity index (χ4v) is 5.30. The zero-order valence-corrected chi connectivity index (χ0v) is 22.0. The molecule has 0 heterocycles. The van der Waals surface area contributed by atoms with Crippen molar-refractivity contribution in [2.45, 2.75) is 56.2 Å². The second kappa shape index (κ2) is 11.3. The minimum absolute atomic E-state index is 0.0480. The van der Waals surface area contributed by atoms with Crippen molar-refractivity contribution in [3.05, 3.63) is 58.1 Å². The molecule has 38 heavy (non-hydrogen) atoms. The van der Waals surface area contributed by atoms with Gasteiger partial charge in [-0.3, -0.25) is 9.59 Å². The second-order valence-electron chi connectivity index (χ2n) is 9.59. The van der Waals surface area contributed by atoms with Crippen molar-refractivity contribution in [3.63, 3.8) is 0 Å². The van der Waals surface area contributed by atoms with E-state index in [4.69, 9.17) is 37.4 Å². The molecule has 0 aliphatic heterocycles. The average molecular weight is 572 g/mol. The maximum atomic E-state index is 13.6. The van der Waals surface area contributed by atoms with Gasteiger partial charge in [0, 0.05) is 24.1 Å². The number of hydrogen-bond acceptors (Lipinski definition) is 5. The number of nitrogens with one attached hydrogen (secondary N) is 2. The number of halogens is 4. The Kier molecular flexibility index (Phi) is 8.32. The summed E-state index contributed by atoms with van der Waals surface area (Å²) in [5.41, 5.74) is -1.42. The van der Waals surface area contributed by atoms with Crippen LogP contribution in [0.1, 0.15) is 39.0 Å². The van der Waals surface area contributed by atoms with Crippen LogP contribution in [0.15, 0.2) is 36.4 Å². The minimum Gasteiger partial charge on any atom is -0.484 e. The summed E-state index contributed by atoms with van der Waals surface area (Å²) in [5.74, 6) is -2.08. The number of fused-ring (bicyclic) bond motifs is 3. The first kappa shape index (κ1) is 27.9. The van der Waals surface area contributed by atoms with E-state index in [0.29, 0.717) is 32.1 Å². The predicted molar refractivity (Wildman–Crippen MR) is 136 cm³/mol. The number of benzene rings is 2. The van der Waals surface area contributed by atoms with Crippen molar-refractivity contribution in [1.82, 2.24) is 10.6 Å². The van der Waals surface area contributed by atoms with Crippen molar-refractivity contribution in [1.29, 1.82) is 0 Å². The molecule has 12 heteroatoms. The minimum atomic E-state index is -0.792. The number of hydrogen-bond donors (Lipinski definition) is 2. The van der Waals surface area contributed by atoms with Crippen LogP contribution in [0.4, 0.5) is 8.78 Å². The third kappa shape index (κ3) is 6.47. The topological polar surface area (TPSA) is 107 Å². The van der Waals surface area contributed by atoms with Gasteiger partial charge >= 0.3 is 5.97 Å². The number of carbonyl (C=O) groups is 2. The first-order valence-corrected chi connectivity index (χ1v) is 12.7. The van der Waals surface area contributed by atoms with Gasteiger partial charge in [0.05, 0.1) is 17.0 Å². The average Bonchev–Trinajstić information content (AvgIpc) is 2.86. The highest BCUT2D eigenvalue weighted by Gasteiger charge is 2.60. The maximum Gasteiger partial charge on any atom is 0.479 e. The van der Waals surface area contributed by atoms with Gasteiger partial charge in [-0.25, -0.2) is 8.78 Å². The van der Waals surface area contributed by atoms with Crippen LogP contribution in [-0.4, -0.2) is 53.0 Å². The number of rotatable bonds is 9. The maximum absolute atomic E-state index is 13.6. The molecule has 8 nitrogen and oxygen atoms in total. The van der Waals surface area contributed by atoms with Crippen LogP contribution >= 0.6 is 23.2 Å². The Bertz CT molecular complexity index is 1240. The summed E-state index contributed by atoms with van der Waals surface area (Å²) < 4.78 is 43.8. The van der Waals surface area contributed by atoms with Gasteiger partial charge in [0.1, 0.15) is 28.7 Å². The van der Waals surface area contributed by atoms with E-state index in [2.05, 4.69) is 10.6 Å². The molecule has 3 aliphatic rings. The highest BCUT2D eigenvalue weighted by atomic mass is 35.5. The van der Waals surface area contributed by atoms with Gasteiger partial charge in [-0.2, -0.15) is 0 Å². The molecule has 3 N–H and O–H groups in total. The molecule has 3 aliphatic carbocycles. The fourth-order valence-electron chi connectivity index (χ4n) is 5.07. The summed E-state index contributed by atoms with van der Waals surface area (Å²) in [6.07, 6.45) is 1.73. The standard InChI is InChI=1S/C26H26Cl2F2N2O6/c1-15(33)38-22-12-25(31-23(34)13-36-16-2-4-18(27)20(29)10-16)6-8-26(22,9-7-25)32-24(35)14-37-17-3-5-19(28)21(30)11-17/h2-5,10-11,22H,6-9,12-14H2,1H3,(H,31,34)(H,32,35)/p+1. The molecule has 2 aromatic carbocycles. The van der Waals surface area contributed by atoms with Crippen LogP contribution < -0.4 is 20.1 Å². The Balaban J connectivity index is 1.36. The molecule has 0 radical (unpaired) electrons. The molecule has 204 valence electrons. The van der Waals surface area contributed by atoms with Gasteiger partial charge in [0.2, 0.25) is 6.10 Å². The number of esters is 1. The molecule has 1 atom stereocenters. The van der Waals surface area contributed by atoms with Gasteiger partial charge in [-0.05, 0) is 49.9 Å². The summed E-state index contributed by atoms with van der Waals surface area (Å²) in [7, 11) is 0. The lowest BCUT2D eigenvalue weighted by molar-refractivity contribution is -0.136. The summed E-state index contributed by atoms with van der Waals surface area (Å²) in [4.78, 5) is 35.3. The monoisotopic (exact) mass is 571 g/mol. The van der Waals surface area contributed by atoms with E-state index in [-0.39, 0.29) is 40.7 Å². The second-order valence-corrected chi connectivity index (χ2v) is 10.4. The Labute approximate surface area is 227 Å². The van der Waals surface area contributed by atoms with E-state index in [9.17, 15) is 23.2 Å². The first-order chi connectivity index (χ1) is 18.0. The predicted octanol–water partition coefficient (Wildman–Crippen LogP) is 4.32. The SMILES string of the molecule is CC(=[OH+])OC1CC2(NC(=O)COc3ccc(Cl)c(F)c3)CCC1(NC(=O)COc1ccc(Cl)c(F)c1)CC2. The Hall–Kier alpha value is -3.11. The van der Waals surface area contributed by atoms with E-state index >= 15 is 0 Å². The first-order valence-electron chi connectivity index (χ1n) is 12.0. The fraction of sp³-hybridized carbons (Fsp3) is 0.423. The molecule has 0 aromatic heterocycles. The molecule has 3 saturated carbocycles. The van der Waals surface area contributed by atoms with Crippen molar-refractivity contribution >= 4 is 41.0 Å². The molecule has 0 saturated heterocycles. The van der Waals surface area contributed by atoms with Crippen LogP contribution in [-0.2, 0) is 14.3 Å². The summed E-state index contributed by atoms with van der Waals surface area (Å²) >= 11 is 11.3. The van der Waals surface area contributed by atoms with Crippen molar-refractivity contribution in [2.24, 2.45) is 0 Å². The van der Waals surface area contributed by atoms with Gasteiger partial charge in [0.15, 0.2) is 13.2 Å². The molecule has 1 unspecified atom stereocenters. The van der Waals surface area contributed by atoms with E-state index in [1.165, 1.54) is 31.2 Å². The quantitative estimate of drug-likeness (QED) is 0.344. The normalized spacial score (nSPS) is 23.9. The third-order valence-electron chi connectivity index (χ3n) is 6.92. The van der Waals surface area contributed by atoms with E-state index in [1.54, 1.807) is 0 Å². The van der Waals surface area contributed by atoms with Gasteiger partial charge in [-0.1, -0.05) is 23.2 Å². The Morgan fingerprint density at radius 3 is 1.89 bits per heavy atom. The smallest absolute Gasteiger partial charge is 0.479 e. The van der Waals surface area contributed by atoms with Crippen molar-refractivity contribution in [2.75, 3.05) is 13.2 Å². The third-order valence-corrected chi connectivity index (χ3v) is 7.53. The van der Waals surface area contributed by atoms with Gasteiger partial charge in [-0.15, -0.1) is 0 Å². The van der Waals surface area contributed by atoms with Crippen LogP contribution in [0.3, 0.4) is 0 Å². The molecule has 2 bridgehead atoms. The van der Waals surface area contributed by atoms with E-state index < -0.39 is 40.6 Å². The highest BCUT2D eigenvalue weighted by molar-refractivity contribution is 6.31. The summed E-state index contributed by atoms with van der Waals surface area (Å²) in [5, 5.41) is 5.89. The van der Waals surface area contributed by atoms with Crippen LogP contribution in [0.2, 0.25) is 10.0 Å². The summed E-state index contributed by atoms with van der Waals surface area (Å²) in [6, 6.07) is 7.79. The lowest BCUT2D eigenvalue weighted by atomic mass is 9.59. The lowest BCUT2D eigenvalue weighted by Crippen LogP contribution is -2.71. The Morgan fingerprint density at radius 1 is 0.921 bits per heavy atom. The van der Waals surface area contributed by atoms with E-state index in [1.807, 2.05) is 0 Å². The Morgan fingerprint density at radius 2 is 1.42 bits per heavy atom. The number of amides is 2. The molecule has 2 amide bonds. The van der Waals surface area contributed by atoms with Crippen molar-refractivity contribution in [3.8, 4) is 11.5 Å². The molecule has 2 aromatic rings. The molecule has 3 fully saturated rings. The molecule has 5 rings (SSSR count). The zero-order chi connectivity index (χ0) is 27.5. The zero-order valence-electron chi connectivity index (χ0n) is 20.5. The van der Waals surface area contributed by atoms with Gasteiger partial charge in [0.25, 0.3) is 11.8 Å². The molecular weight excluding hydrogens is 545 g/mol. The molecular formula is C26H27Cl2F2N2O6+. The summed E-state index contributed by atoms with van der Waals surface area (Å²) in [6.45, 7) is 0.701. The van der Waals surface area contributed by atoms with Crippen LogP contribution in [0.25, 0.3) is 0 Å².